The second kappa shape index (κ2) is 4.53. The van der Waals surface area contributed by atoms with Crippen LogP contribution in [-0.4, -0.2) is 9.55 Å². The average Bonchev–Trinajstić information content (AvgIpc) is 2.82. The molecular formula is C15H15N3. The molecule has 0 unspecified atom stereocenters. The van der Waals surface area contributed by atoms with Gasteiger partial charge in [-0.1, -0.05) is 18.2 Å². The third kappa shape index (κ3) is 1.95. The summed E-state index contributed by atoms with van der Waals surface area (Å²) in [4.78, 5) is 4.34. The van der Waals surface area contributed by atoms with Gasteiger partial charge in [-0.25, -0.2) is 0 Å². The molecule has 0 fully saturated rings. The van der Waals surface area contributed by atoms with E-state index in [-0.39, 0.29) is 0 Å². The summed E-state index contributed by atoms with van der Waals surface area (Å²) >= 11 is 0. The minimum Gasteiger partial charge on any atom is -0.397 e. The zero-order valence-corrected chi connectivity index (χ0v) is 10.1. The number of nitrogens with zero attached hydrogens (tertiary/aromatic N) is 2. The van der Waals surface area contributed by atoms with E-state index in [1.807, 2.05) is 30.5 Å². The summed E-state index contributed by atoms with van der Waals surface area (Å²) in [5.41, 5.74) is 9.09. The highest BCUT2D eigenvalue weighted by Gasteiger charge is 2.04. The second-order valence-electron chi connectivity index (χ2n) is 4.37. The molecule has 90 valence electrons. The maximum atomic E-state index is 6.03. The molecule has 1 aromatic carbocycles. The normalized spacial score (nSPS) is 10.9. The number of hydrogen-bond donors (Lipinski definition) is 1. The minimum absolute atomic E-state index is 0.832. The molecule has 2 heterocycles. The van der Waals surface area contributed by atoms with Crippen LogP contribution < -0.4 is 5.73 Å². The van der Waals surface area contributed by atoms with Crippen LogP contribution in [0.2, 0.25) is 0 Å². The number of aryl methyl sites for hydroxylation is 2. The number of benzene rings is 1. The fourth-order valence-electron chi connectivity index (χ4n) is 2.26. The molecular weight excluding hydrogens is 222 g/mol. The van der Waals surface area contributed by atoms with Crippen molar-refractivity contribution in [1.82, 2.24) is 9.55 Å². The highest BCUT2D eigenvalue weighted by Crippen LogP contribution is 2.22. The van der Waals surface area contributed by atoms with Crippen molar-refractivity contribution in [2.24, 2.45) is 0 Å². The lowest BCUT2D eigenvalue weighted by atomic mass is 10.2. The van der Waals surface area contributed by atoms with Crippen LogP contribution in [0.3, 0.4) is 0 Å². The lowest BCUT2D eigenvalue weighted by Crippen LogP contribution is -2.02. The Kier molecular flexibility index (Phi) is 2.73. The Balaban J connectivity index is 1.87. The van der Waals surface area contributed by atoms with E-state index in [1.165, 1.54) is 5.39 Å². The van der Waals surface area contributed by atoms with E-state index in [0.717, 1.165) is 29.9 Å². The number of fused-ring (bicyclic) bond motifs is 1. The molecule has 0 saturated heterocycles. The van der Waals surface area contributed by atoms with E-state index in [9.17, 15) is 0 Å². The van der Waals surface area contributed by atoms with E-state index < -0.39 is 0 Å². The summed E-state index contributed by atoms with van der Waals surface area (Å²) < 4.78 is 2.19. The molecule has 2 N–H and O–H groups in total. The van der Waals surface area contributed by atoms with Crippen LogP contribution >= 0.6 is 0 Å². The second-order valence-corrected chi connectivity index (χ2v) is 4.37. The van der Waals surface area contributed by atoms with Gasteiger partial charge in [-0.05, 0) is 24.3 Å². The van der Waals surface area contributed by atoms with E-state index in [2.05, 4.69) is 33.9 Å². The van der Waals surface area contributed by atoms with Crippen LogP contribution in [0.15, 0.2) is 54.9 Å². The average molecular weight is 237 g/mol. The highest BCUT2D eigenvalue weighted by molar-refractivity contribution is 5.90. The molecule has 0 aliphatic rings. The third-order valence-electron chi connectivity index (χ3n) is 3.15. The van der Waals surface area contributed by atoms with Gasteiger partial charge >= 0.3 is 0 Å². The summed E-state index contributed by atoms with van der Waals surface area (Å²) in [6.07, 6.45) is 4.83. The molecule has 0 spiro atoms. The van der Waals surface area contributed by atoms with Gasteiger partial charge in [0.1, 0.15) is 0 Å². The molecule has 0 bridgehead atoms. The van der Waals surface area contributed by atoms with E-state index in [4.69, 9.17) is 5.73 Å². The van der Waals surface area contributed by atoms with Gasteiger partial charge in [0.25, 0.3) is 0 Å². The lowest BCUT2D eigenvalue weighted by Gasteiger charge is -2.07. The number of hydrogen-bond acceptors (Lipinski definition) is 2. The van der Waals surface area contributed by atoms with Crippen molar-refractivity contribution >= 4 is 16.6 Å². The Labute approximate surface area is 106 Å². The van der Waals surface area contributed by atoms with Crippen LogP contribution in [0.25, 0.3) is 10.9 Å². The van der Waals surface area contributed by atoms with Crippen molar-refractivity contribution in [3.05, 3.63) is 60.6 Å². The van der Waals surface area contributed by atoms with Gasteiger partial charge in [-0.2, -0.15) is 0 Å². The summed E-state index contributed by atoms with van der Waals surface area (Å²) in [5, 5.41) is 1.19. The zero-order valence-electron chi connectivity index (χ0n) is 10.1. The molecule has 3 rings (SSSR count). The van der Waals surface area contributed by atoms with Gasteiger partial charge in [0, 0.05) is 36.4 Å². The lowest BCUT2D eigenvalue weighted by molar-refractivity contribution is 0.711. The van der Waals surface area contributed by atoms with Crippen molar-refractivity contribution < 1.29 is 0 Å². The van der Waals surface area contributed by atoms with Crippen molar-refractivity contribution in [2.75, 3.05) is 5.73 Å². The van der Waals surface area contributed by atoms with E-state index in [1.54, 1.807) is 0 Å². The van der Waals surface area contributed by atoms with Gasteiger partial charge < -0.3 is 10.3 Å². The van der Waals surface area contributed by atoms with Crippen molar-refractivity contribution in [3.8, 4) is 0 Å². The van der Waals surface area contributed by atoms with E-state index >= 15 is 0 Å². The number of para-hydroxylation sites is 1. The van der Waals surface area contributed by atoms with Gasteiger partial charge in [0.05, 0.1) is 11.2 Å². The number of anilines is 1. The van der Waals surface area contributed by atoms with Crippen molar-refractivity contribution in [2.45, 2.75) is 13.0 Å². The fraction of sp³-hybridized carbons (Fsp3) is 0.133. The molecule has 18 heavy (non-hydrogen) atoms. The molecule has 0 aliphatic carbocycles. The zero-order chi connectivity index (χ0) is 12.4. The van der Waals surface area contributed by atoms with Crippen LogP contribution in [0.4, 0.5) is 5.69 Å². The summed E-state index contributed by atoms with van der Waals surface area (Å²) in [7, 11) is 0. The molecule has 0 radical (unpaired) electrons. The number of aromatic nitrogens is 2. The summed E-state index contributed by atoms with van der Waals surface area (Å²) in [6, 6.07) is 14.1. The molecule has 0 atom stereocenters. The van der Waals surface area contributed by atoms with Crippen molar-refractivity contribution in [1.29, 1.82) is 0 Å². The molecule has 3 heteroatoms. The number of rotatable bonds is 3. The molecule has 0 amide bonds. The fourth-order valence-corrected chi connectivity index (χ4v) is 2.26. The Morgan fingerprint density at radius 3 is 2.83 bits per heavy atom. The first-order valence-electron chi connectivity index (χ1n) is 6.08. The SMILES string of the molecule is Nc1cccc2ccn(CCc3ccccn3)c12. The van der Waals surface area contributed by atoms with Crippen molar-refractivity contribution in [3.63, 3.8) is 0 Å². The van der Waals surface area contributed by atoms with Gasteiger partial charge in [-0.15, -0.1) is 0 Å². The first-order valence-corrected chi connectivity index (χ1v) is 6.08. The standard InChI is InChI=1S/C15H15N3/c16-14-6-3-4-12-7-10-18(15(12)14)11-8-13-5-1-2-9-17-13/h1-7,9-10H,8,11,16H2. The Bertz CT molecular complexity index is 656. The topological polar surface area (TPSA) is 43.8 Å². The first-order chi connectivity index (χ1) is 8.84. The monoisotopic (exact) mass is 237 g/mol. The first kappa shape index (κ1) is 10.8. The predicted molar refractivity (Wildman–Crippen MR) is 74.3 cm³/mol. The van der Waals surface area contributed by atoms with Gasteiger partial charge in [0.2, 0.25) is 0 Å². The maximum absolute atomic E-state index is 6.03. The number of nitrogen functional groups attached to an aromatic ring is 1. The Morgan fingerprint density at radius 1 is 1.06 bits per heavy atom. The third-order valence-corrected chi connectivity index (χ3v) is 3.15. The van der Waals surface area contributed by atoms with E-state index in [0.29, 0.717) is 0 Å². The summed E-state index contributed by atoms with van der Waals surface area (Å²) in [5.74, 6) is 0. The molecule has 0 aliphatic heterocycles. The van der Waals surface area contributed by atoms with Gasteiger partial charge in [0.15, 0.2) is 0 Å². The smallest absolute Gasteiger partial charge is 0.0713 e. The predicted octanol–water partition coefficient (Wildman–Crippen LogP) is 2.86. The number of pyridine rings is 1. The highest BCUT2D eigenvalue weighted by atomic mass is 15.0. The molecule has 0 saturated carbocycles. The summed E-state index contributed by atoms with van der Waals surface area (Å²) in [6.45, 7) is 0.898. The molecule has 2 aromatic heterocycles. The van der Waals surface area contributed by atoms with Gasteiger partial charge in [-0.3, -0.25) is 4.98 Å². The molecule has 3 nitrogen and oxygen atoms in total. The Morgan fingerprint density at radius 2 is 2.00 bits per heavy atom. The van der Waals surface area contributed by atoms with Crippen LogP contribution in [-0.2, 0) is 13.0 Å². The van der Waals surface area contributed by atoms with Crippen LogP contribution in [0, 0.1) is 0 Å². The molecule has 3 aromatic rings. The number of nitrogens with two attached hydrogens (primary N) is 1. The quantitative estimate of drug-likeness (QED) is 0.712. The largest absolute Gasteiger partial charge is 0.397 e. The minimum atomic E-state index is 0.832. The van der Waals surface area contributed by atoms with Crippen LogP contribution in [0.5, 0.6) is 0 Å². The van der Waals surface area contributed by atoms with Crippen LogP contribution in [0.1, 0.15) is 5.69 Å². The maximum Gasteiger partial charge on any atom is 0.0713 e. The Hall–Kier alpha value is -2.29.